The first-order valence-electron chi connectivity index (χ1n) is 27.3. The molecule has 7 amide bonds. The minimum Gasteiger partial charge on any atom is -0.495 e. The molecule has 0 spiro atoms. The number of amides is 7. The summed E-state index contributed by atoms with van der Waals surface area (Å²) in [4.78, 5) is 121. The van der Waals surface area contributed by atoms with E-state index in [9.17, 15) is 48.3 Å². The molecule has 2 saturated heterocycles. The van der Waals surface area contributed by atoms with Crippen molar-refractivity contribution in [2.75, 3.05) is 74.8 Å². The van der Waals surface area contributed by atoms with E-state index < -0.39 is 95.8 Å². The normalized spacial score (nSPS) is 28.3. The Hall–Kier alpha value is -6.86. The molecule has 82 heavy (non-hydrogen) atoms. The number of fused-ring (bicyclic) bond motifs is 5. The van der Waals surface area contributed by atoms with Crippen LogP contribution >= 0.6 is 11.6 Å². The first kappa shape index (κ1) is 64.3. The number of halogens is 1. The van der Waals surface area contributed by atoms with Crippen molar-refractivity contribution < 1.29 is 86.2 Å². The molecule has 10 atom stereocenters. The van der Waals surface area contributed by atoms with Crippen LogP contribution in [-0.2, 0) is 74.8 Å². The van der Waals surface area contributed by atoms with E-state index in [0.717, 1.165) is 20.9 Å². The lowest BCUT2D eigenvalue weighted by Crippen LogP contribution is -2.63. The highest BCUT2D eigenvalue weighted by molar-refractivity contribution is 6.33. The van der Waals surface area contributed by atoms with Gasteiger partial charge in [-0.15, -0.1) is 0 Å². The Bertz CT molecular complexity index is 2660. The molecule has 6 rings (SSSR count). The maximum atomic E-state index is 14.1. The van der Waals surface area contributed by atoms with Crippen molar-refractivity contribution in [3.63, 3.8) is 0 Å². The van der Waals surface area contributed by atoms with Crippen LogP contribution in [0, 0.1) is 5.92 Å². The molecule has 4 bridgehead atoms. The highest BCUT2D eigenvalue weighted by atomic mass is 35.5. The predicted molar refractivity (Wildman–Crippen MR) is 294 cm³/mol. The number of Topliss-reactive ketones (excluding diaryl/α,β-unsaturated/α-hetero) is 1. The Kier molecular flexibility index (Phi) is 22.7. The fraction of sp³-hybridized carbons (Fsp3) is 0.596. The quantitative estimate of drug-likeness (QED) is 0.0613. The highest BCUT2D eigenvalue weighted by Crippen LogP contribution is 2.49. The number of hydrogen-bond donors (Lipinski definition) is 3. The number of benzene rings is 1. The van der Waals surface area contributed by atoms with E-state index in [1.54, 1.807) is 38.1 Å². The lowest BCUT2D eigenvalue weighted by molar-refractivity contribution is -0.162. The monoisotopic (exact) mass is 1170 g/mol. The molecule has 3 heterocycles. The van der Waals surface area contributed by atoms with Gasteiger partial charge in [0.25, 0.3) is 11.8 Å². The molecule has 3 aliphatic heterocycles. The number of alkyl carbamates (subject to hydrolysis) is 1. The van der Waals surface area contributed by atoms with Gasteiger partial charge < -0.3 is 63.0 Å². The third-order valence-electron chi connectivity index (χ3n) is 15.3. The summed E-state index contributed by atoms with van der Waals surface area (Å²) >= 11 is 6.76. The number of likely N-dealkylation sites (N-methyl/N-ethyl adjacent to an activating group) is 3. The van der Waals surface area contributed by atoms with Gasteiger partial charge in [0.1, 0.15) is 60.8 Å². The van der Waals surface area contributed by atoms with Crippen molar-refractivity contribution in [2.24, 2.45) is 5.92 Å². The van der Waals surface area contributed by atoms with Crippen LogP contribution in [0.3, 0.4) is 0 Å². The van der Waals surface area contributed by atoms with Crippen LogP contribution in [0.25, 0.3) is 0 Å². The zero-order valence-electron chi connectivity index (χ0n) is 48.0. The molecule has 2 fully saturated rings. The molecule has 24 nitrogen and oxygen atoms in total. The Balaban J connectivity index is 0.977. The number of imide groups is 1. The average Bonchev–Trinajstić information content (AvgIpc) is 2.16. The minimum absolute atomic E-state index is 0.0580. The number of carbonyl (C=O) groups is 9. The van der Waals surface area contributed by atoms with Crippen molar-refractivity contribution in [2.45, 2.75) is 139 Å². The second kappa shape index (κ2) is 28.9. The first-order valence-corrected chi connectivity index (χ1v) is 27.7. The number of esters is 1. The largest absolute Gasteiger partial charge is 0.495 e. The maximum Gasteiger partial charge on any atom is 0.410 e. The molecular weight excluding hydrogens is 1090 g/mol. The molecule has 3 N–H and O–H groups in total. The lowest BCUT2D eigenvalue weighted by Gasteiger charge is -2.42. The molecule has 2 unspecified atom stereocenters. The van der Waals surface area contributed by atoms with Gasteiger partial charge in [-0.05, 0) is 76.1 Å². The number of carbonyl (C=O) groups excluding carboxylic acids is 9. The number of nitrogens with one attached hydrogen (secondary N) is 2. The highest BCUT2D eigenvalue weighted by Gasteiger charge is 2.64. The summed E-state index contributed by atoms with van der Waals surface area (Å²) in [6, 6.07) is 2.40. The molecule has 450 valence electrons. The summed E-state index contributed by atoms with van der Waals surface area (Å²) in [6.45, 7) is 6.57. The van der Waals surface area contributed by atoms with Gasteiger partial charge in [-0.1, -0.05) is 54.5 Å². The molecule has 0 saturated carbocycles. The number of aliphatic hydroxyl groups is 1. The molecule has 5 aliphatic rings. The Morgan fingerprint density at radius 2 is 1.68 bits per heavy atom. The number of ether oxygens (including phenoxy) is 8. The van der Waals surface area contributed by atoms with Gasteiger partial charge in [-0.25, -0.2) is 19.2 Å². The third-order valence-corrected chi connectivity index (χ3v) is 15.7. The van der Waals surface area contributed by atoms with Gasteiger partial charge in [0.2, 0.25) is 11.8 Å². The smallest absolute Gasteiger partial charge is 0.410 e. The summed E-state index contributed by atoms with van der Waals surface area (Å²) in [5.74, 6) is -3.24. The summed E-state index contributed by atoms with van der Waals surface area (Å²) in [7, 11) is 7.26. The van der Waals surface area contributed by atoms with Crippen LogP contribution in [0.4, 0.5) is 14.4 Å². The van der Waals surface area contributed by atoms with Crippen LogP contribution < -0.4 is 15.4 Å². The number of methoxy groups -OCH3 is 2. The third kappa shape index (κ3) is 17.1. The number of rotatable bonds is 18. The zero-order chi connectivity index (χ0) is 60.1. The predicted octanol–water partition coefficient (Wildman–Crippen LogP) is 4.12. The molecular formula is C57H77ClN6O18. The van der Waals surface area contributed by atoms with E-state index in [4.69, 9.17) is 49.5 Å². The van der Waals surface area contributed by atoms with Crippen molar-refractivity contribution in [1.29, 1.82) is 0 Å². The molecule has 1 aromatic rings. The molecule has 1 aromatic carbocycles. The first-order chi connectivity index (χ1) is 38.9. The van der Waals surface area contributed by atoms with Crippen LogP contribution in [0.1, 0.15) is 83.8 Å². The number of ketones is 1. The van der Waals surface area contributed by atoms with Crippen molar-refractivity contribution in [3.8, 4) is 5.75 Å². The van der Waals surface area contributed by atoms with Crippen molar-refractivity contribution >= 4 is 65.3 Å². The fourth-order valence-electron chi connectivity index (χ4n) is 10.1. The second-order valence-electron chi connectivity index (χ2n) is 21.5. The SMILES string of the molecule is COc1cc2cc(c1Cl)CC(=O)C[C@H](OC(=O)[C@H](C)N(C)C(=O)CCOC(=O)N(C)CCN(C)C(=O)OC1/C=C/CC(OCC(=O)NCCN3C(=O)C=CC3=O)CCC1)[C@]1(C)O[C@H]1[C@H](C)[C@@H]1C[C@@](O)(NC(=O)O1)[C@H](OC)/C=C/C=C(\C)C2. The van der Waals surface area contributed by atoms with E-state index in [2.05, 4.69) is 10.6 Å². The summed E-state index contributed by atoms with van der Waals surface area (Å²) in [5.41, 5.74) is -0.997. The van der Waals surface area contributed by atoms with E-state index in [1.807, 2.05) is 25.1 Å². The van der Waals surface area contributed by atoms with Crippen LogP contribution in [-0.4, -0.2) is 207 Å². The van der Waals surface area contributed by atoms with Crippen LogP contribution in [0.5, 0.6) is 5.75 Å². The molecule has 0 aromatic heterocycles. The summed E-state index contributed by atoms with van der Waals surface area (Å²) < 4.78 is 46.1. The Morgan fingerprint density at radius 3 is 2.38 bits per heavy atom. The second-order valence-corrected chi connectivity index (χ2v) is 21.9. The summed E-state index contributed by atoms with van der Waals surface area (Å²) in [6.07, 6.45) is 6.05. The average molecular weight is 1170 g/mol. The van der Waals surface area contributed by atoms with Gasteiger partial charge in [-0.3, -0.25) is 34.2 Å². The van der Waals surface area contributed by atoms with Crippen molar-refractivity contribution in [1.82, 2.24) is 30.2 Å². The maximum absolute atomic E-state index is 14.1. The topological polar surface area (TPSA) is 288 Å². The van der Waals surface area contributed by atoms with Crippen molar-refractivity contribution in [3.05, 3.63) is 76.4 Å². The zero-order valence-corrected chi connectivity index (χ0v) is 48.7. The Labute approximate surface area is 482 Å². The van der Waals surface area contributed by atoms with E-state index >= 15 is 0 Å². The minimum atomic E-state index is -1.89. The van der Waals surface area contributed by atoms with E-state index in [-0.39, 0.29) is 87.9 Å². The van der Waals surface area contributed by atoms with Gasteiger partial charge in [-0.2, -0.15) is 0 Å². The van der Waals surface area contributed by atoms with Gasteiger partial charge >= 0.3 is 24.2 Å². The number of epoxide rings is 1. The van der Waals surface area contributed by atoms with E-state index in [1.165, 1.54) is 64.2 Å². The fourth-order valence-corrected chi connectivity index (χ4v) is 10.3. The van der Waals surface area contributed by atoms with Crippen LogP contribution in [0.2, 0.25) is 5.02 Å². The van der Waals surface area contributed by atoms with Crippen LogP contribution in [0.15, 0.2) is 60.2 Å². The molecule has 25 heteroatoms. The van der Waals surface area contributed by atoms with Gasteiger partial charge in [0.05, 0.1) is 30.8 Å². The standard InChI is InChI=1S/C57H77ClN6O18/c1-34-13-10-18-44(76-9)57(74)32-43(80-53(71)60-57)35(2)51-56(4,82-51)45(31-39(65)30-38-28-37(27-34)29-42(75-8)50(38)58)81-52(70)36(3)63(7)47(67)21-26-77-54(72)61(5)24-25-62(6)55(73)79-41-16-11-14-40(15-12-17-41)78-33-46(66)59-22-23-64-48(68)19-20-49(64)69/h10-11,13,16,18-20,28-29,35-36,40-41,43-45,51,74H,12,14-15,17,21-27,30-33H2,1-9H3,(H,59,66)(H,60,71)/b16-11+,18-10+,34-13+/t35-,36+,40?,41?,43+,44-,45+,51+,56+,57+/m1/s1. The Morgan fingerprint density at radius 1 is 0.976 bits per heavy atom. The summed E-state index contributed by atoms with van der Waals surface area (Å²) in [5, 5.41) is 17.2. The number of allylic oxidation sites excluding steroid dienone is 3. The molecule has 2 aliphatic carbocycles. The number of hydrogen-bond acceptors (Lipinski definition) is 18. The number of nitrogens with zero attached hydrogens (tertiary/aromatic N) is 4. The van der Waals surface area contributed by atoms with Gasteiger partial charge in [0, 0.05) is 91.8 Å². The lowest BCUT2D eigenvalue weighted by atomic mass is 9.83. The van der Waals surface area contributed by atoms with Gasteiger partial charge in [0.15, 0.2) is 5.72 Å². The molecule has 0 radical (unpaired) electrons. The van der Waals surface area contributed by atoms with E-state index in [0.29, 0.717) is 43.4 Å².